The summed E-state index contributed by atoms with van der Waals surface area (Å²) >= 11 is 3.70. The molecule has 0 amide bonds. The van der Waals surface area contributed by atoms with E-state index in [1.54, 1.807) is 0 Å². The van der Waals surface area contributed by atoms with Crippen LogP contribution in [0.1, 0.15) is 31.6 Å². The average molecular weight is 290 g/mol. The van der Waals surface area contributed by atoms with E-state index < -0.39 is 0 Å². The first-order valence-corrected chi connectivity index (χ1v) is 8.23. The van der Waals surface area contributed by atoms with Crippen LogP contribution in [0.4, 0.5) is 17.1 Å². The largest absolute Gasteiger partial charge is 0.396 e. The van der Waals surface area contributed by atoms with Crippen molar-refractivity contribution in [1.29, 1.82) is 0 Å². The van der Waals surface area contributed by atoms with E-state index in [0.717, 1.165) is 12.2 Å². The summed E-state index contributed by atoms with van der Waals surface area (Å²) in [7, 11) is 0. The van der Waals surface area contributed by atoms with Gasteiger partial charge in [0.05, 0.1) is 21.3 Å². The van der Waals surface area contributed by atoms with Crippen molar-refractivity contribution < 1.29 is 0 Å². The van der Waals surface area contributed by atoms with Crippen LogP contribution in [0.5, 0.6) is 0 Å². The summed E-state index contributed by atoms with van der Waals surface area (Å²) in [6, 6.07) is 8.57. The van der Waals surface area contributed by atoms with Crippen LogP contribution in [0.3, 0.4) is 0 Å². The number of para-hydroxylation sites is 1. The van der Waals surface area contributed by atoms with Crippen molar-refractivity contribution in [3.8, 4) is 0 Å². The van der Waals surface area contributed by atoms with Gasteiger partial charge < -0.3 is 10.6 Å². The zero-order chi connectivity index (χ0) is 13.6. The number of rotatable bonds is 2. The lowest BCUT2D eigenvalue weighted by Gasteiger charge is -2.30. The highest BCUT2D eigenvalue weighted by molar-refractivity contribution is 8.01. The third kappa shape index (κ3) is 1.94. The second-order valence-electron chi connectivity index (χ2n) is 4.98. The molecule has 19 heavy (non-hydrogen) atoms. The van der Waals surface area contributed by atoms with Crippen LogP contribution in [0.2, 0.25) is 0 Å². The Labute approximate surface area is 122 Å². The van der Waals surface area contributed by atoms with Gasteiger partial charge in [-0.25, -0.2) is 0 Å². The highest BCUT2D eigenvalue weighted by atomic mass is 32.2. The molecular formula is C15H18N2S2. The number of hydrogen-bond acceptors (Lipinski definition) is 4. The molecule has 0 fully saturated rings. The number of nitrogen functional groups attached to an aromatic ring is 1. The maximum atomic E-state index is 6.40. The van der Waals surface area contributed by atoms with Crippen LogP contribution in [-0.4, -0.2) is 6.54 Å². The Hall–Kier alpha value is -1.13. The molecule has 0 saturated heterocycles. The van der Waals surface area contributed by atoms with Gasteiger partial charge in [0.1, 0.15) is 0 Å². The van der Waals surface area contributed by atoms with E-state index in [1.165, 1.54) is 25.4 Å². The fourth-order valence-electron chi connectivity index (χ4n) is 2.50. The molecule has 3 rings (SSSR count). The number of thiophene rings is 1. The predicted octanol–water partition coefficient (Wildman–Crippen LogP) is 5.08. The van der Waals surface area contributed by atoms with Crippen molar-refractivity contribution >= 4 is 40.2 Å². The molecule has 4 heteroatoms. The van der Waals surface area contributed by atoms with Gasteiger partial charge in [0.2, 0.25) is 0 Å². The first kappa shape index (κ1) is 12.9. The molecular weight excluding hydrogens is 272 g/mol. The predicted molar refractivity (Wildman–Crippen MR) is 86.1 cm³/mol. The molecule has 2 N–H and O–H groups in total. The number of nitrogens with two attached hydrogens (primary N) is 1. The van der Waals surface area contributed by atoms with Crippen LogP contribution in [0.15, 0.2) is 33.4 Å². The molecule has 0 aliphatic carbocycles. The van der Waals surface area contributed by atoms with E-state index >= 15 is 0 Å². The standard InChI is InChI=1S/C15H18N2S2/c1-4-17-10-7-5-6-8-11(10)18-15-13(17)12(16)14(19-15)9(2)3/h5-9H,4,16H2,1-3H3. The monoisotopic (exact) mass is 290 g/mol. The minimum absolute atomic E-state index is 0.484. The molecule has 1 aromatic carbocycles. The minimum atomic E-state index is 0.484. The lowest BCUT2D eigenvalue weighted by Crippen LogP contribution is -2.20. The molecule has 100 valence electrons. The highest BCUT2D eigenvalue weighted by Crippen LogP contribution is 2.56. The summed E-state index contributed by atoms with van der Waals surface area (Å²) in [6.07, 6.45) is 0. The Morgan fingerprint density at radius 2 is 2.00 bits per heavy atom. The number of benzene rings is 1. The van der Waals surface area contributed by atoms with Gasteiger partial charge in [0.25, 0.3) is 0 Å². The molecule has 0 saturated carbocycles. The van der Waals surface area contributed by atoms with Gasteiger partial charge >= 0.3 is 0 Å². The maximum Gasteiger partial charge on any atom is 0.0909 e. The van der Waals surface area contributed by atoms with Crippen molar-refractivity contribution in [2.24, 2.45) is 0 Å². The molecule has 0 atom stereocenters. The molecule has 1 aromatic heterocycles. The lowest BCUT2D eigenvalue weighted by molar-refractivity contribution is 0.891. The number of anilines is 3. The third-order valence-corrected chi connectivity index (χ3v) is 6.12. The number of nitrogens with zero attached hydrogens (tertiary/aromatic N) is 1. The first-order valence-electron chi connectivity index (χ1n) is 6.60. The maximum absolute atomic E-state index is 6.40. The van der Waals surface area contributed by atoms with E-state index in [9.17, 15) is 0 Å². The van der Waals surface area contributed by atoms with Crippen molar-refractivity contribution in [2.45, 2.75) is 35.8 Å². The van der Waals surface area contributed by atoms with Crippen molar-refractivity contribution in [2.75, 3.05) is 17.2 Å². The van der Waals surface area contributed by atoms with Gasteiger partial charge in [-0.15, -0.1) is 11.3 Å². The SMILES string of the molecule is CCN1c2ccccc2Sc2sc(C(C)C)c(N)c21. The lowest BCUT2D eigenvalue weighted by atomic mass is 10.1. The average Bonchev–Trinajstić information content (AvgIpc) is 2.73. The fraction of sp³-hybridized carbons (Fsp3) is 0.333. The second kappa shape index (κ2) is 4.76. The third-order valence-electron chi connectivity index (χ3n) is 3.39. The van der Waals surface area contributed by atoms with Crippen LogP contribution < -0.4 is 10.6 Å². The summed E-state index contributed by atoms with van der Waals surface area (Å²) in [5.74, 6) is 0.484. The number of fused-ring (bicyclic) bond motifs is 2. The van der Waals surface area contributed by atoms with Crippen molar-refractivity contribution in [1.82, 2.24) is 0 Å². The molecule has 0 spiro atoms. The molecule has 0 unspecified atom stereocenters. The first-order chi connectivity index (χ1) is 9.13. The van der Waals surface area contributed by atoms with Crippen molar-refractivity contribution in [3.05, 3.63) is 29.1 Å². The van der Waals surface area contributed by atoms with E-state index in [0.29, 0.717) is 5.92 Å². The van der Waals surface area contributed by atoms with Crippen LogP contribution >= 0.6 is 23.1 Å². The summed E-state index contributed by atoms with van der Waals surface area (Å²) < 4.78 is 1.33. The van der Waals surface area contributed by atoms with Crippen LogP contribution in [0, 0.1) is 0 Å². The van der Waals surface area contributed by atoms with Gasteiger partial charge in [-0.1, -0.05) is 37.7 Å². The normalized spacial score (nSPS) is 13.6. The number of hydrogen-bond donors (Lipinski definition) is 1. The smallest absolute Gasteiger partial charge is 0.0909 e. The van der Waals surface area contributed by atoms with Crippen LogP contribution in [0.25, 0.3) is 0 Å². The summed E-state index contributed by atoms with van der Waals surface area (Å²) in [5.41, 5.74) is 9.88. The molecule has 2 nitrogen and oxygen atoms in total. The summed E-state index contributed by atoms with van der Waals surface area (Å²) in [5, 5.41) is 0. The zero-order valence-electron chi connectivity index (χ0n) is 11.4. The second-order valence-corrected chi connectivity index (χ2v) is 7.35. The molecule has 0 bridgehead atoms. The summed E-state index contributed by atoms with van der Waals surface area (Å²) in [4.78, 5) is 4.98. The Bertz CT molecular complexity index is 617. The zero-order valence-corrected chi connectivity index (χ0v) is 13.1. The Morgan fingerprint density at radius 1 is 1.26 bits per heavy atom. The van der Waals surface area contributed by atoms with E-state index in [1.807, 2.05) is 23.1 Å². The van der Waals surface area contributed by atoms with Gasteiger partial charge in [0, 0.05) is 16.3 Å². The van der Waals surface area contributed by atoms with Crippen molar-refractivity contribution in [3.63, 3.8) is 0 Å². The topological polar surface area (TPSA) is 29.3 Å². The molecule has 2 aromatic rings. The van der Waals surface area contributed by atoms with Gasteiger partial charge in [-0.05, 0) is 25.0 Å². The fourth-order valence-corrected chi connectivity index (χ4v) is 5.11. The minimum Gasteiger partial charge on any atom is -0.396 e. The van der Waals surface area contributed by atoms with E-state index in [-0.39, 0.29) is 0 Å². The summed E-state index contributed by atoms with van der Waals surface area (Å²) in [6.45, 7) is 7.55. The highest BCUT2D eigenvalue weighted by Gasteiger charge is 2.28. The quantitative estimate of drug-likeness (QED) is 0.836. The van der Waals surface area contributed by atoms with Gasteiger partial charge in [-0.3, -0.25) is 0 Å². The molecule has 1 aliphatic rings. The Balaban J connectivity index is 2.19. The Kier molecular flexibility index (Phi) is 3.23. The molecule has 0 radical (unpaired) electrons. The van der Waals surface area contributed by atoms with E-state index in [2.05, 4.69) is 49.9 Å². The van der Waals surface area contributed by atoms with Crippen LogP contribution in [-0.2, 0) is 0 Å². The molecule has 2 heterocycles. The molecule has 1 aliphatic heterocycles. The Morgan fingerprint density at radius 3 is 2.68 bits per heavy atom. The van der Waals surface area contributed by atoms with Gasteiger partial charge in [0.15, 0.2) is 0 Å². The van der Waals surface area contributed by atoms with Gasteiger partial charge in [-0.2, -0.15) is 0 Å². The van der Waals surface area contributed by atoms with E-state index in [4.69, 9.17) is 5.73 Å².